The zero-order valence-corrected chi connectivity index (χ0v) is 11.2. The summed E-state index contributed by atoms with van der Waals surface area (Å²) >= 11 is 0. The van der Waals surface area contributed by atoms with E-state index in [9.17, 15) is 13.5 Å². The lowest BCUT2D eigenvalue weighted by Gasteiger charge is -2.13. The van der Waals surface area contributed by atoms with E-state index in [2.05, 4.69) is 0 Å². The number of rotatable bonds is 4. The summed E-state index contributed by atoms with van der Waals surface area (Å²) in [5, 5.41) is 18.7. The van der Waals surface area contributed by atoms with Gasteiger partial charge in [-0.1, -0.05) is 17.7 Å². The summed E-state index contributed by atoms with van der Waals surface area (Å²) in [6, 6.07) is 6.23. The van der Waals surface area contributed by atoms with Gasteiger partial charge >= 0.3 is 0 Å². The van der Waals surface area contributed by atoms with Crippen LogP contribution in [0.3, 0.4) is 0 Å². The zero-order chi connectivity index (χ0) is 14.0. The van der Waals surface area contributed by atoms with Crippen molar-refractivity contribution < 1.29 is 27.6 Å². The molecule has 6 nitrogen and oxygen atoms in total. The van der Waals surface area contributed by atoms with Gasteiger partial charge in [0.2, 0.25) is 0 Å². The largest absolute Gasteiger partial charge is 0.390 e. The fraction of sp³-hybridized carbons (Fsp3) is 0.500. The molecule has 1 aromatic rings. The van der Waals surface area contributed by atoms with Crippen molar-refractivity contribution in [2.75, 3.05) is 6.61 Å². The van der Waals surface area contributed by atoms with Crippen LogP contribution in [-0.2, 0) is 19.0 Å². The van der Waals surface area contributed by atoms with Crippen LogP contribution in [0.25, 0.3) is 0 Å². The molecule has 1 fully saturated rings. The van der Waals surface area contributed by atoms with Crippen LogP contribution in [0.2, 0.25) is 0 Å². The van der Waals surface area contributed by atoms with E-state index in [1.165, 1.54) is 12.1 Å². The molecular weight excluding hydrogens is 272 g/mol. The van der Waals surface area contributed by atoms with Gasteiger partial charge < -0.3 is 14.9 Å². The highest BCUT2D eigenvalue weighted by atomic mass is 32.2. The zero-order valence-electron chi connectivity index (χ0n) is 10.4. The monoisotopic (exact) mass is 288 g/mol. The van der Waals surface area contributed by atoms with Crippen LogP contribution in [0.15, 0.2) is 29.2 Å². The normalized spacial score (nSPS) is 27.6. The molecule has 106 valence electrons. The first-order chi connectivity index (χ1) is 8.88. The molecule has 0 amide bonds. The topological polar surface area (TPSA) is 93.1 Å². The number of aliphatic hydroxyl groups is 2. The number of aryl methyl sites for hydroxylation is 1. The van der Waals surface area contributed by atoms with Crippen molar-refractivity contribution in [2.24, 2.45) is 0 Å². The first kappa shape index (κ1) is 14.4. The molecule has 19 heavy (non-hydrogen) atoms. The van der Waals surface area contributed by atoms with Gasteiger partial charge in [0.15, 0.2) is 6.29 Å². The van der Waals surface area contributed by atoms with Crippen LogP contribution < -0.4 is 0 Å². The minimum Gasteiger partial charge on any atom is -0.390 e. The standard InChI is InChI=1S/C12H16O6S/c1-8-2-4-9(5-3-8)19(15,16)17-7-11-10(13)6-12(14)18-11/h2-5,10-14H,6-7H2,1H3/t10-,11+,12+/m0/s1. The van der Waals surface area contributed by atoms with Crippen LogP contribution in [0.5, 0.6) is 0 Å². The highest BCUT2D eigenvalue weighted by Gasteiger charge is 2.34. The maximum atomic E-state index is 11.9. The highest BCUT2D eigenvalue weighted by molar-refractivity contribution is 7.86. The molecule has 1 aliphatic rings. The highest BCUT2D eigenvalue weighted by Crippen LogP contribution is 2.21. The summed E-state index contributed by atoms with van der Waals surface area (Å²) in [6.45, 7) is 1.52. The average Bonchev–Trinajstić information content (AvgIpc) is 2.66. The number of ether oxygens (including phenoxy) is 1. The van der Waals surface area contributed by atoms with Gasteiger partial charge in [0, 0.05) is 6.42 Å². The Kier molecular flexibility index (Phi) is 4.22. The van der Waals surface area contributed by atoms with Gasteiger partial charge in [0.1, 0.15) is 6.10 Å². The van der Waals surface area contributed by atoms with Crippen LogP contribution in [0, 0.1) is 6.92 Å². The van der Waals surface area contributed by atoms with Gasteiger partial charge in [-0.05, 0) is 19.1 Å². The predicted octanol–water partition coefficient (Wildman–Crippen LogP) is 0.169. The summed E-state index contributed by atoms with van der Waals surface area (Å²) in [6.07, 6.45) is -2.79. The van der Waals surface area contributed by atoms with E-state index in [1.807, 2.05) is 6.92 Å². The second-order valence-corrected chi connectivity index (χ2v) is 6.10. The molecule has 0 saturated carbocycles. The lowest BCUT2D eigenvalue weighted by atomic mass is 10.2. The van der Waals surface area contributed by atoms with Gasteiger partial charge in [-0.25, -0.2) is 0 Å². The summed E-state index contributed by atoms with van der Waals surface area (Å²) in [5.74, 6) is 0. The molecule has 2 N–H and O–H groups in total. The molecule has 0 spiro atoms. The van der Waals surface area contributed by atoms with Gasteiger partial charge in [0.05, 0.1) is 17.6 Å². The van der Waals surface area contributed by atoms with E-state index in [1.54, 1.807) is 12.1 Å². The molecule has 0 unspecified atom stereocenters. The Morgan fingerprint density at radius 3 is 2.47 bits per heavy atom. The van der Waals surface area contributed by atoms with E-state index in [4.69, 9.17) is 14.0 Å². The number of hydrogen-bond acceptors (Lipinski definition) is 6. The summed E-state index contributed by atoms with van der Waals surface area (Å²) in [7, 11) is -3.88. The SMILES string of the molecule is Cc1ccc(S(=O)(=O)OC[C@H]2O[C@@H](O)C[C@@H]2O)cc1. The minimum absolute atomic E-state index is 0.0473. The summed E-state index contributed by atoms with van der Waals surface area (Å²) in [5.41, 5.74) is 0.941. The Morgan fingerprint density at radius 2 is 1.95 bits per heavy atom. The van der Waals surface area contributed by atoms with Gasteiger partial charge in [-0.15, -0.1) is 0 Å². The number of benzene rings is 1. The van der Waals surface area contributed by atoms with E-state index < -0.39 is 28.6 Å². The fourth-order valence-electron chi connectivity index (χ4n) is 1.79. The van der Waals surface area contributed by atoms with Crippen LogP contribution in [0.1, 0.15) is 12.0 Å². The fourth-order valence-corrected chi connectivity index (χ4v) is 2.71. The van der Waals surface area contributed by atoms with Gasteiger partial charge in [-0.2, -0.15) is 8.42 Å². The third kappa shape index (κ3) is 3.52. The molecule has 1 heterocycles. The second kappa shape index (κ2) is 5.56. The molecule has 1 aromatic carbocycles. The summed E-state index contributed by atoms with van der Waals surface area (Å²) < 4.78 is 33.5. The maximum absolute atomic E-state index is 11.9. The van der Waals surface area contributed by atoms with Crippen molar-refractivity contribution in [3.05, 3.63) is 29.8 Å². The quantitative estimate of drug-likeness (QED) is 0.767. The van der Waals surface area contributed by atoms with Crippen molar-refractivity contribution in [1.82, 2.24) is 0 Å². The average molecular weight is 288 g/mol. The van der Waals surface area contributed by atoms with Crippen LogP contribution in [-0.4, -0.2) is 43.7 Å². The molecule has 7 heteroatoms. The van der Waals surface area contributed by atoms with E-state index in [0.29, 0.717) is 0 Å². The van der Waals surface area contributed by atoms with Crippen molar-refractivity contribution in [2.45, 2.75) is 36.7 Å². The van der Waals surface area contributed by atoms with Crippen LogP contribution in [0.4, 0.5) is 0 Å². The molecule has 3 atom stereocenters. The third-order valence-electron chi connectivity index (χ3n) is 2.90. The maximum Gasteiger partial charge on any atom is 0.297 e. The van der Waals surface area contributed by atoms with E-state index in [-0.39, 0.29) is 17.9 Å². The molecular formula is C12H16O6S. The molecule has 0 aromatic heterocycles. The first-order valence-corrected chi connectivity index (χ1v) is 7.27. The molecule has 0 aliphatic carbocycles. The second-order valence-electron chi connectivity index (χ2n) is 4.48. The third-order valence-corrected chi connectivity index (χ3v) is 4.20. The Balaban J connectivity index is 2.00. The predicted molar refractivity (Wildman–Crippen MR) is 65.8 cm³/mol. The molecule has 1 saturated heterocycles. The van der Waals surface area contributed by atoms with Crippen LogP contribution >= 0.6 is 0 Å². The van der Waals surface area contributed by atoms with E-state index in [0.717, 1.165) is 5.56 Å². The summed E-state index contributed by atoms with van der Waals surface area (Å²) in [4.78, 5) is 0.0473. The smallest absolute Gasteiger partial charge is 0.297 e. The Hall–Kier alpha value is -0.990. The number of hydrogen-bond donors (Lipinski definition) is 2. The van der Waals surface area contributed by atoms with Crippen molar-refractivity contribution in [3.8, 4) is 0 Å². The molecule has 0 radical (unpaired) electrons. The molecule has 2 rings (SSSR count). The van der Waals surface area contributed by atoms with Crippen molar-refractivity contribution >= 4 is 10.1 Å². The first-order valence-electron chi connectivity index (χ1n) is 5.86. The van der Waals surface area contributed by atoms with Gasteiger partial charge in [0.25, 0.3) is 10.1 Å². The Labute approximate surface area is 111 Å². The Bertz CT molecular complexity index is 524. The minimum atomic E-state index is -3.88. The Morgan fingerprint density at radius 1 is 1.32 bits per heavy atom. The van der Waals surface area contributed by atoms with E-state index >= 15 is 0 Å². The van der Waals surface area contributed by atoms with Gasteiger partial charge in [-0.3, -0.25) is 4.18 Å². The van der Waals surface area contributed by atoms with Crippen molar-refractivity contribution in [1.29, 1.82) is 0 Å². The number of aliphatic hydroxyl groups excluding tert-OH is 2. The lowest BCUT2D eigenvalue weighted by Crippen LogP contribution is -2.28. The molecule has 1 aliphatic heterocycles. The molecule has 0 bridgehead atoms. The van der Waals surface area contributed by atoms with Crippen molar-refractivity contribution in [3.63, 3.8) is 0 Å². The lowest BCUT2D eigenvalue weighted by molar-refractivity contribution is -0.104.